The van der Waals surface area contributed by atoms with E-state index in [1.54, 1.807) is 0 Å². The van der Waals surface area contributed by atoms with Crippen molar-refractivity contribution >= 4 is 16.0 Å². The van der Waals surface area contributed by atoms with E-state index in [9.17, 15) is 13.2 Å². The van der Waals surface area contributed by atoms with E-state index in [1.165, 1.54) is 31.4 Å². The van der Waals surface area contributed by atoms with Gasteiger partial charge in [0.1, 0.15) is 5.69 Å². The molecule has 0 aliphatic carbocycles. The second kappa shape index (κ2) is 6.50. The van der Waals surface area contributed by atoms with E-state index in [0.717, 1.165) is 5.56 Å². The van der Waals surface area contributed by atoms with Crippen molar-refractivity contribution in [1.82, 2.24) is 4.98 Å². The Bertz CT molecular complexity index is 1010. The quantitative estimate of drug-likeness (QED) is 0.717. The van der Waals surface area contributed by atoms with E-state index in [4.69, 9.17) is 9.56 Å². The third-order valence-corrected chi connectivity index (χ3v) is 4.41. The normalized spacial score (nSPS) is 11.3. The molecule has 0 bridgehead atoms. The van der Waals surface area contributed by atoms with Gasteiger partial charge in [-0.05, 0) is 24.3 Å². The monoisotopic (exact) mass is 358 g/mol. The molecule has 0 saturated heterocycles. The van der Waals surface area contributed by atoms with Gasteiger partial charge in [0.2, 0.25) is 10.0 Å². The lowest BCUT2D eigenvalue weighted by molar-refractivity contribution is 0.0557. The number of hydrogen-bond acceptors (Lipinski definition) is 6. The molecule has 0 aliphatic rings. The third kappa shape index (κ3) is 3.44. The average molecular weight is 358 g/mol. The Labute approximate surface area is 144 Å². The molecule has 8 heteroatoms. The molecule has 0 fully saturated rings. The van der Waals surface area contributed by atoms with Crippen LogP contribution in [0, 0.1) is 0 Å². The SMILES string of the molecule is COC(=O)c1nc(-c2ccccc2)c(-c2ccc(S(N)(=O)=O)cc2)o1. The minimum absolute atomic E-state index is 0.0229. The molecule has 1 heterocycles. The first-order chi connectivity index (χ1) is 11.9. The molecule has 2 aromatic carbocycles. The summed E-state index contributed by atoms with van der Waals surface area (Å²) in [5, 5.41) is 5.10. The lowest BCUT2D eigenvalue weighted by Gasteiger charge is -2.03. The second-order valence-corrected chi connectivity index (χ2v) is 6.69. The predicted molar refractivity (Wildman–Crippen MR) is 90.1 cm³/mol. The van der Waals surface area contributed by atoms with Crippen LogP contribution in [0.15, 0.2) is 63.9 Å². The summed E-state index contributed by atoms with van der Waals surface area (Å²) in [7, 11) is -2.57. The lowest BCUT2D eigenvalue weighted by Crippen LogP contribution is -2.11. The van der Waals surface area contributed by atoms with E-state index in [2.05, 4.69) is 9.72 Å². The lowest BCUT2D eigenvalue weighted by atomic mass is 10.1. The van der Waals surface area contributed by atoms with Gasteiger partial charge in [-0.15, -0.1) is 0 Å². The topological polar surface area (TPSA) is 112 Å². The van der Waals surface area contributed by atoms with Gasteiger partial charge >= 0.3 is 11.9 Å². The Hall–Kier alpha value is -2.97. The summed E-state index contributed by atoms with van der Waals surface area (Å²) in [6, 6.07) is 14.9. The minimum atomic E-state index is -3.80. The van der Waals surface area contributed by atoms with Crippen LogP contribution in [0.2, 0.25) is 0 Å². The average Bonchev–Trinajstić information content (AvgIpc) is 3.06. The molecule has 7 nitrogen and oxygen atoms in total. The molecular formula is C17H14N2O5S. The molecule has 0 unspecified atom stereocenters. The molecule has 0 saturated carbocycles. The van der Waals surface area contributed by atoms with E-state index < -0.39 is 16.0 Å². The number of methoxy groups -OCH3 is 1. The van der Waals surface area contributed by atoms with Gasteiger partial charge in [-0.25, -0.2) is 23.3 Å². The zero-order valence-corrected chi connectivity index (χ0v) is 14.0. The van der Waals surface area contributed by atoms with E-state index in [-0.39, 0.29) is 10.8 Å². The molecular weight excluding hydrogens is 344 g/mol. The zero-order chi connectivity index (χ0) is 18.0. The first-order valence-electron chi connectivity index (χ1n) is 7.18. The maximum atomic E-state index is 11.8. The Morgan fingerprint density at radius 3 is 2.24 bits per heavy atom. The van der Waals surface area contributed by atoms with Gasteiger partial charge in [-0.3, -0.25) is 0 Å². The number of primary sulfonamides is 1. The number of nitrogens with two attached hydrogens (primary N) is 1. The van der Waals surface area contributed by atoms with Crippen LogP contribution in [0.1, 0.15) is 10.7 Å². The summed E-state index contributed by atoms with van der Waals surface area (Å²) >= 11 is 0. The van der Waals surface area contributed by atoms with Crippen LogP contribution < -0.4 is 5.14 Å². The molecule has 0 amide bonds. The van der Waals surface area contributed by atoms with Crippen LogP contribution in [0.3, 0.4) is 0 Å². The first kappa shape index (κ1) is 16.9. The van der Waals surface area contributed by atoms with E-state index >= 15 is 0 Å². The fourth-order valence-electron chi connectivity index (χ4n) is 2.28. The smallest absolute Gasteiger partial charge is 0.394 e. The summed E-state index contributed by atoms with van der Waals surface area (Å²) in [6.07, 6.45) is 0. The Kier molecular flexibility index (Phi) is 4.39. The number of rotatable bonds is 4. The molecule has 0 aliphatic heterocycles. The molecule has 25 heavy (non-hydrogen) atoms. The highest BCUT2D eigenvalue weighted by Crippen LogP contribution is 2.33. The van der Waals surface area contributed by atoms with Gasteiger partial charge in [0.05, 0.1) is 12.0 Å². The molecule has 3 rings (SSSR count). The highest BCUT2D eigenvalue weighted by atomic mass is 32.2. The van der Waals surface area contributed by atoms with Crippen molar-refractivity contribution in [3.63, 3.8) is 0 Å². The maximum Gasteiger partial charge on any atom is 0.394 e. The predicted octanol–water partition coefficient (Wildman–Crippen LogP) is 2.44. The molecule has 0 spiro atoms. The van der Waals surface area contributed by atoms with Crippen molar-refractivity contribution < 1.29 is 22.4 Å². The number of benzene rings is 2. The van der Waals surface area contributed by atoms with Crippen molar-refractivity contribution in [1.29, 1.82) is 0 Å². The number of nitrogens with zero attached hydrogens (tertiary/aromatic N) is 1. The van der Waals surface area contributed by atoms with Crippen molar-refractivity contribution in [2.45, 2.75) is 4.90 Å². The summed E-state index contributed by atoms with van der Waals surface area (Å²) < 4.78 is 33.0. The summed E-state index contributed by atoms with van der Waals surface area (Å²) in [4.78, 5) is 15.9. The number of ether oxygens (including phenoxy) is 1. The van der Waals surface area contributed by atoms with Crippen LogP contribution in [-0.4, -0.2) is 26.5 Å². The Balaban J connectivity index is 2.14. The van der Waals surface area contributed by atoms with Crippen molar-refractivity contribution in [3.05, 3.63) is 60.5 Å². The van der Waals surface area contributed by atoms with Crippen LogP contribution >= 0.6 is 0 Å². The van der Waals surface area contributed by atoms with Gasteiger partial charge in [0, 0.05) is 11.1 Å². The highest BCUT2D eigenvalue weighted by Gasteiger charge is 2.22. The zero-order valence-electron chi connectivity index (χ0n) is 13.2. The van der Waals surface area contributed by atoms with Crippen molar-refractivity contribution in [2.75, 3.05) is 7.11 Å². The van der Waals surface area contributed by atoms with Gasteiger partial charge in [-0.2, -0.15) is 0 Å². The number of carbonyl (C=O) groups is 1. The number of sulfonamides is 1. The van der Waals surface area contributed by atoms with Crippen LogP contribution in [0.25, 0.3) is 22.6 Å². The van der Waals surface area contributed by atoms with Gasteiger partial charge in [0.25, 0.3) is 0 Å². The number of hydrogen-bond donors (Lipinski definition) is 1. The summed E-state index contributed by atoms with van der Waals surface area (Å²) in [5.74, 6) is -0.566. The van der Waals surface area contributed by atoms with Gasteiger partial charge < -0.3 is 9.15 Å². The van der Waals surface area contributed by atoms with Gasteiger partial charge in [0.15, 0.2) is 5.76 Å². The Morgan fingerprint density at radius 2 is 1.68 bits per heavy atom. The molecule has 2 N–H and O–H groups in total. The molecule has 128 valence electrons. The van der Waals surface area contributed by atoms with Crippen molar-refractivity contribution in [2.24, 2.45) is 5.14 Å². The van der Waals surface area contributed by atoms with Crippen LogP contribution in [0.5, 0.6) is 0 Å². The number of aromatic nitrogens is 1. The molecule has 3 aromatic rings. The largest absolute Gasteiger partial charge is 0.462 e. The van der Waals surface area contributed by atoms with Gasteiger partial charge in [-0.1, -0.05) is 30.3 Å². The standard InChI is InChI=1S/C17H14N2O5S/c1-23-17(20)16-19-14(11-5-3-2-4-6-11)15(24-16)12-7-9-13(10-8-12)25(18,21)22/h2-10H,1H3,(H2,18,21,22). The Morgan fingerprint density at radius 1 is 1.04 bits per heavy atom. The number of esters is 1. The second-order valence-electron chi connectivity index (χ2n) is 5.12. The minimum Gasteiger partial charge on any atom is -0.462 e. The molecule has 1 aromatic heterocycles. The van der Waals surface area contributed by atoms with Crippen LogP contribution in [0.4, 0.5) is 0 Å². The fourth-order valence-corrected chi connectivity index (χ4v) is 2.79. The highest BCUT2D eigenvalue weighted by molar-refractivity contribution is 7.89. The van der Waals surface area contributed by atoms with Crippen LogP contribution in [-0.2, 0) is 14.8 Å². The maximum absolute atomic E-state index is 11.8. The van der Waals surface area contributed by atoms with Crippen molar-refractivity contribution in [3.8, 4) is 22.6 Å². The first-order valence-corrected chi connectivity index (χ1v) is 8.72. The number of carbonyl (C=O) groups excluding carboxylic acids is 1. The third-order valence-electron chi connectivity index (χ3n) is 3.48. The van der Waals surface area contributed by atoms with E-state index in [1.807, 2.05) is 30.3 Å². The summed E-state index contributed by atoms with van der Waals surface area (Å²) in [6.45, 7) is 0. The van der Waals surface area contributed by atoms with E-state index in [0.29, 0.717) is 17.0 Å². The fraction of sp³-hybridized carbons (Fsp3) is 0.0588. The molecule has 0 atom stereocenters. The molecule has 0 radical (unpaired) electrons. The number of oxazole rings is 1. The summed E-state index contributed by atoms with van der Waals surface area (Å²) in [5.41, 5.74) is 1.74.